The van der Waals surface area contributed by atoms with E-state index < -0.39 is 5.60 Å². The Morgan fingerprint density at radius 3 is 2.10 bits per heavy atom. The van der Waals surface area contributed by atoms with Crippen molar-refractivity contribution in [3.8, 4) is 0 Å². The zero-order valence-electron chi connectivity index (χ0n) is 11.7. The van der Waals surface area contributed by atoms with Crippen LogP contribution in [0.15, 0.2) is 66.7 Å². The van der Waals surface area contributed by atoms with Gasteiger partial charge in [-0.3, -0.25) is 0 Å². The molecule has 0 saturated carbocycles. The maximum atomic E-state index is 11.9. The highest BCUT2D eigenvalue weighted by atomic mass is 16.6. The third kappa shape index (κ3) is 3.82. The van der Waals surface area contributed by atoms with Crippen molar-refractivity contribution in [2.75, 3.05) is 0 Å². The molecule has 0 radical (unpaired) electrons. The number of rotatable bonds is 4. The lowest BCUT2D eigenvalue weighted by molar-refractivity contribution is -0.151. The Kier molecular flexibility index (Phi) is 4.36. The summed E-state index contributed by atoms with van der Waals surface area (Å²) in [5.41, 5.74) is 1.31. The summed E-state index contributed by atoms with van der Waals surface area (Å²) in [5.74, 6) is -0.345. The van der Waals surface area contributed by atoms with Gasteiger partial charge in [-0.05, 0) is 31.1 Å². The predicted octanol–water partition coefficient (Wildman–Crippen LogP) is 4.18. The van der Waals surface area contributed by atoms with Crippen molar-refractivity contribution in [2.45, 2.75) is 19.4 Å². The highest BCUT2D eigenvalue weighted by molar-refractivity contribution is 5.87. The molecule has 0 N–H and O–H groups in total. The van der Waals surface area contributed by atoms with E-state index in [1.807, 2.05) is 74.5 Å². The summed E-state index contributed by atoms with van der Waals surface area (Å²) in [4.78, 5) is 11.9. The van der Waals surface area contributed by atoms with Gasteiger partial charge in [-0.15, -0.1) is 0 Å². The van der Waals surface area contributed by atoms with Gasteiger partial charge in [0.1, 0.15) is 5.60 Å². The minimum absolute atomic E-state index is 0.345. The van der Waals surface area contributed by atoms with E-state index in [0.29, 0.717) is 0 Å². The fraction of sp³-hybridized carbons (Fsp3) is 0.167. The Morgan fingerprint density at radius 1 is 0.950 bits per heavy atom. The first-order valence-electron chi connectivity index (χ1n) is 6.59. The maximum Gasteiger partial charge on any atom is 0.331 e. The van der Waals surface area contributed by atoms with Crippen molar-refractivity contribution >= 4 is 12.0 Å². The van der Waals surface area contributed by atoms with E-state index >= 15 is 0 Å². The molecular weight excluding hydrogens is 248 g/mol. The summed E-state index contributed by atoms with van der Waals surface area (Å²) < 4.78 is 5.52. The zero-order chi connectivity index (χ0) is 14.4. The number of hydrogen-bond donors (Lipinski definition) is 0. The van der Waals surface area contributed by atoms with Gasteiger partial charge < -0.3 is 4.74 Å². The van der Waals surface area contributed by atoms with Crippen LogP contribution in [0, 0.1) is 0 Å². The van der Waals surface area contributed by atoms with Crippen molar-refractivity contribution in [3.05, 3.63) is 77.9 Å². The molecule has 0 bridgehead atoms. The Morgan fingerprint density at radius 2 is 1.50 bits per heavy atom. The van der Waals surface area contributed by atoms with E-state index in [2.05, 4.69) is 0 Å². The first-order chi connectivity index (χ1) is 9.58. The van der Waals surface area contributed by atoms with E-state index in [4.69, 9.17) is 4.74 Å². The molecule has 0 aliphatic carbocycles. The molecule has 0 heterocycles. The second-order valence-corrected chi connectivity index (χ2v) is 5.04. The number of esters is 1. The van der Waals surface area contributed by atoms with Gasteiger partial charge in [0.2, 0.25) is 0 Å². The van der Waals surface area contributed by atoms with Crippen molar-refractivity contribution < 1.29 is 9.53 Å². The lowest BCUT2D eigenvalue weighted by Gasteiger charge is -2.24. The lowest BCUT2D eigenvalue weighted by Crippen LogP contribution is -2.24. The third-order valence-electron chi connectivity index (χ3n) is 3.04. The number of ether oxygens (including phenoxy) is 1. The SMILES string of the molecule is CC(C)(OC(=O)/C=C/c1ccccc1)c1ccccc1. The van der Waals surface area contributed by atoms with Crippen molar-refractivity contribution in [1.82, 2.24) is 0 Å². The van der Waals surface area contributed by atoms with Gasteiger partial charge in [-0.2, -0.15) is 0 Å². The van der Waals surface area contributed by atoms with Gasteiger partial charge in [0, 0.05) is 6.08 Å². The Bertz CT molecular complexity index is 583. The van der Waals surface area contributed by atoms with Crippen LogP contribution < -0.4 is 0 Å². The summed E-state index contributed by atoms with van der Waals surface area (Å²) in [5, 5.41) is 0. The van der Waals surface area contributed by atoms with Crippen LogP contribution in [-0.2, 0) is 15.1 Å². The average molecular weight is 266 g/mol. The molecule has 0 aliphatic rings. The van der Waals surface area contributed by atoms with Crippen LogP contribution in [0.4, 0.5) is 0 Å². The number of carbonyl (C=O) groups is 1. The first kappa shape index (κ1) is 14.1. The van der Waals surface area contributed by atoms with Crippen LogP contribution in [0.25, 0.3) is 6.08 Å². The largest absolute Gasteiger partial charge is 0.452 e. The monoisotopic (exact) mass is 266 g/mol. The standard InChI is InChI=1S/C18H18O2/c1-18(2,16-11-7-4-8-12-16)20-17(19)14-13-15-9-5-3-6-10-15/h3-14H,1-2H3/b14-13+. The van der Waals surface area contributed by atoms with Crippen LogP contribution in [-0.4, -0.2) is 5.97 Å². The van der Waals surface area contributed by atoms with Crippen LogP contribution in [0.2, 0.25) is 0 Å². The number of carbonyl (C=O) groups excluding carboxylic acids is 1. The minimum atomic E-state index is -0.640. The van der Waals surface area contributed by atoms with E-state index in [1.54, 1.807) is 6.08 Å². The summed E-state index contributed by atoms with van der Waals surface area (Å²) in [6.45, 7) is 3.77. The lowest BCUT2D eigenvalue weighted by atomic mass is 9.98. The second kappa shape index (κ2) is 6.20. The fourth-order valence-corrected chi connectivity index (χ4v) is 1.91. The predicted molar refractivity (Wildman–Crippen MR) is 81.0 cm³/mol. The summed E-state index contributed by atoms with van der Waals surface area (Å²) >= 11 is 0. The van der Waals surface area contributed by atoms with E-state index in [0.717, 1.165) is 11.1 Å². The summed E-state index contributed by atoms with van der Waals surface area (Å²) in [6, 6.07) is 19.4. The average Bonchev–Trinajstić information content (AvgIpc) is 2.47. The smallest absolute Gasteiger partial charge is 0.331 e. The molecule has 2 heteroatoms. The fourth-order valence-electron chi connectivity index (χ4n) is 1.91. The molecule has 2 aromatic carbocycles. The van der Waals surface area contributed by atoms with Gasteiger partial charge in [0.25, 0.3) is 0 Å². The topological polar surface area (TPSA) is 26.3 Å². The van der Waals surface area contributed by atoms with E-state index in [9.17, 15) is 4.79 Å². The summed E-state index contributed by atoms with van der Waals surface area (Å²) in [6.07, 6.45) is 3.21. The zero-order valence-corrected chi connectivity index (χ0v) is 11.7. The molecule has 0 spiro atoms. The molecule has 0 unspecified atom stereocenters. The molecular formula is C18H18O2. The quantitative estimate of drug-likeness (QED) is 0.613. The molecule has 0 amide bonds. The molecule has 2 rings (SSSR count). The summed E-state index contributed by atoms with van der Waals surface area (Å²) in [7, 11) is 0. The molecule has 2 aromatic rings. The van der Waals surface area contributed by atoms with Crippen LogP contribution in [0.3, 0.4) is 0 Å². The van der Waals surface area contributed by atoms with Crippen LogP contribution in [0.1, 0.15) is 25.0 Å². The maximum absolute atomic E-state index is 11.9. The second-order valence-electron chi connectivity index (χ2n) is 5.04. The molecule has 2 nitrogen and oxygen atoms in total. The molecule has 0 saturated heterocycles. The Labute approximate surface area is 119 Å². The Hall–Kier alpha value is -2.35. The number of benzene rings is 2. The van der Waals surface area contributed by atoms with Crippen molar-refractivity contribution in [2.24, 2.45) is 0 Å². The third-order valence-corrected chi connectivity index (χ3v) is 3.04. The molecule has 0 fully saturated rings. The van der Waals surface area contributed by atoms with Gasteiger partial charge >= 0.3 is 5.97 Å². The van der Waals surface area contributed by atoms with E-state index in [-0.39, 0.29) is 5.97 Å². The molecule has 0 atom stereocenters. The van der Waals surface area contributed by atoms with Crippen molar-refractivity contribution in [1.29, 1.82) is 0 Å². The van der Waals surface area contributed by atoms with Gasteiger partial charge in [0.05, 0.1) is 0 Å². The van der Waals surface area contributed by atoms with Crippen LogP contribution in [0.5, 0.6) is 0 Å². The van der Waals surface area contributed by atoms with Gasteiger partial charge in [0.15, 0.2) is 0 Å². The highest BCUT2D eigenvalue weighted by Gasteiger charge is 2.23. The Balaban J connectivity index is 2.03. The molecule has 0 aliphatic heterocycles. The normalized spacial score (nSPS) is 11.5. The van der Waals surface area contributed by atoms with Crippen molar-refractivity contribution in [3.63, 3.8) is 0 Å². The highest BCUT2D eigenvalue weighted by Crippen LogP contribution is 2.24. The van der Waals surface area contributed by atoms with Crippen LogP contribution >= 0.6 is 0 Å². The van der Waals surface area contributed by atoms with Gasteiger partial charge in [-0.25, -0.2) is 4.79 Å². The molecule has 102 valence electrons. The molecule has 0 aromatic heterocycles. The van der Waals surface area contributed by atoms with E-state index in [1.165, 1.54) is 6.08 Å². The molecule has 20 heavy (non-hydrogen) atoms. The first-order valence-corrected chi connectivity index (χ1v) is 6.59. The number of hydrogen-bond acceptors (Lipinski definition) is 2. The minimum Gasteiger partial charge on any atom is -0.452 e. The van der Waals surface area contributed by atoms with Gasteiger partial charge in [-0.1, -0.05) is 60.7 Å².